The summed E-state index contributed by atoms with van der Waals surface area (Å²) in [7, 11) is 1.68. The molecule has 1 fully saturated rings. The number of hydrogen-bond acceptors (Lipinski definition) is 4. The van der Waals surface area contributed by atoms with Crippen LogP contribution in [0.2, 0.25) is 0 Å². The van der Waals surface area contributed by atoms with Gasteiger partial charge < -0.3 is 19.0 Å². The number of piperazine rings is 1. The zero-order valence-corrected chi connectivity index (χ0v) is 17.0. The van der Waals surface area contributed by atoms with Gasteiger partial charge in [0, 0.05) is 41.6 Å². The number of carbonyl (C=O) groups is 1. The lowest BCUT2D eigenvalue weighted by atomic mass is 10.1. The SMILES string of the molecule is COc1ccccc1N1CCN(C(=O)c2oc3cc(Br)ccc3c2C)CC1. The Kier molecular flexibility index (Phi) is 4.83. The fourth-order valence-corrected chi connectivity index (χ4v) is 3.93. The van der Waals surface area contributed by atoms with Crippen molar-refractivity contribution in [2.75, 3.05) is 38.2 Å². The van der Waals surface area contributed by atoms with Gasteiger partial charge in [0.1, 0.15) is 11.3 Å². The van der Waals surface area contributed by atoms with E-state index in [9.17, 15) is 4.79 Å². The van der Waals surface area contributed by atoms with Crippen molar-refractivity contribution in [2.24, 2.45) is 0 Å². The fraction of sp³-hybridized carbons (Fsp3) is 0.286. The molecule has 1 aliphatic rings. The van der Waals surface area contributed by atoms with Crippen LogP contribution in [0.15, 0.2) is 51.4 Å². The number of nitrogens with zero attached hydrogens (tertiary/aromatic N) is 2. The van der Waals surface area contributed by atoms with Gasteiger partial charge in [-0.15, -0.1) is 0 Å². The van der Waals surface area contributed by atoms with Gasteiger partial charge in [-0.05, 0) is 37.3 Å². The number of halogens is 1. The van der Waals surface area contributed by atoms with Gasteiger partial charge in [0.05, 0.1) is 12.8 Å². The molecule has 0 spiro atoms. The second-order valence-corrected chi connectivity index (χ2v) is 7.56. The molecule has 0 atom stereocenters. The Morgan fingerprint density at radius 3 is 2.59 bits per heavy atom. The number of anilines is 1. The average Bonchev–Trinajstić information content (AvgIpc) is 3.03. The highest BCUT2D eigenvalue weighted by atomic mass is 79.9. The molecule has 0 bridgehead atoms. The van der Waals surface area contributed by atoms with E-state index in [1.54, 1.807) is 7.11 Å². The highest BCUT2D eigenvalue weighted by molar-refractivity contribution is 9.10. The topological polar surface area (TPSA) is 45.9 Å². The summed E-state index contributed by atoms with van der Waals surface area (Å²) in [6.45, 7) is 4.76. The molecule has 1 aliphatic heterocycles. The number of furan rings is 1. The van der Waals surface area contributed by atoms with Crippen molar-refractivity contribution in [3.63, 3.8) is 0 Å². The van der Waals surface area contributed by atoms with Crippen molar-refractivity contribution in [3.05, 3.63) is 58.3 Å². The molecule has 27 heavy (non-hydrogen) atoms. The summed E-state index contributed by atoms with van der Waals surface area (Å²) < 4.78 is 12.3. The van der Waals surface area contributed by atoms with Crippen LogP contribution < -0.4 is 9.64 Å². The number of para-hydroxylation sites is 2. The second kappa shape index (κ2) is 7.27. The van der Waals surface area contributed by atoms with E-state index >= 15 is 0 Å². The largest absolute Gasteiger partial charge is 0.495 e. The van der Waals surface area contributed by atoms with Gasteiger partial charge in [0.15, 0.2) is 5.76 Å². The number of amides is 1. The summed E-state index contributed by atoms with van der Waals surface area (Å²) in [5, 5.41) is 0.981. The van der Waals surface area contributed by atoms with E-state index in [1.807, 2.05) is 48.2 Å². The maximum absolute atomic E-state index is 13.0. The zero-order valence-electron chi connectivity index (χ0n) is 15.4. The standard InChI is InChI=1S/C21H21BrN2O3/c1-14-16-8-7-15(22)13-19(16)27-20(14)21(25)24-11-9-23(10-12-24)17-5-3-4-6-18(17)26-2/h3-8,13H,9-12H2,1-2H3. The van der Waals surface area contributed by atoms with Crippen molar-refractivity contribution < 1.29 is 13.9 Å². The molecular formula is C21H21BrN2O3. The monoisotopic (exact) mass is 428 g/mol. The van der Waals surface area contributed by atoms with Gasteiger partial charge in [0.2, 0.25) is 0 Å². The summed E-state index contributed by atoms with van der Waals surface area (Å²) in [6.07, 6.45) is 0. The molecule has 5 nitrogen and oxygen atoms in total. The molecule has 140 valence electrons. The van der Waals surface area contributed by atoms with Crippen LogP contribution in [0.4, 0.5) is 5.69 Å². The van der Waals surface area contributed by atoms with Gasteiger partial charge in [-0.1, -0.05) is 28.1 Å². The van der Waals surface area contributed by atoms with E-state index in [0.29, 0.717) is 18.8 Å². The van der Waals surface area contributed by atoms with Crippen LogP contribution in [-0.2, 0) is 0 Å². The molecule has 1 aromatic heterocycles. The van der Waals surface area contributed by atoms with E-state index < -0.39 is 0 Å². The molecule has 3 aromatic rings. The maximum atomic E-state index is 13.0. The fourth-order valence-electron chi connectivity index (χ4n) is 3.59. The summed E-state index contributed by atoms with van der Waals surface area (Å²) in [4.78, 5) is 17.1. The lowest BCUT2D eigenvalue weighted by Crippen LogP contribution is -2.48. The Morgan fingerprint density at radius 1 is 1.11 bits per heavy atom. The molecule has 2 heterocycles. The molecule has 4 rings (SSSR count). The summed E-state index contributed by atoms with van der Waals surface area (Å²) in [5.74, 6) is 1.25. The number of fused-ring (bicyclic) bond motifs is 1. The maximum Gasteiger partial charge on any atom is 0.290 e. The number of methoxy groups -OCH3 is 1. The first-order valence-electron chi connectivity index (χ1n) is 8.94. The van der Waals surface area contributed by atoms with Crippen molar-refractivity contribution in [2.45, 2.75) is 6.92 Å². The van der Waals surface area contributed by atoms with Crippen molar-refractivity contribution in [1.82, 2.24) is 4.90 Å². The molecule has 1 amide bonds. The van der Waals surface area contributed by atoms with Gasteiger partial charge in [-0.3, -0.25) is 4.79 Å². The van der Waals surface area contributed by atoms with Crippen LogP contribution in [0.25, 0.3) is 11.0 Å². The van der Waals surface area contributed by atoms with E-state index in [1.165, 1.54) is 0 Å². The Hall–Kier alpha value is -2.47. The Labute approximate surface area is 166 Å². The molecule has 6 heteroatoms. The van der Waals surface area contributed by atoms with Crippen molar-refractivity contribution in [3.8, 4) is 5.75 Å². The smallest absolute Gasteiger partial charge is 0.290 e. The quantitative estimate of drug-likeness (QED) is 0.616. The molecule has 0 saturated carbocycles. The summed E-state index contributed by atoms with van der Waals surface area (Å²) in [5.41, 5.74) is 2.70. The zero-order chi connectivity index (χ0) is 19.0. The van der Waals surface area contributed by atoms with Crippen molar-refractivity contribution >= 4 is 38.5 Å². The van der Waals surface area contributed by atoms with Crippen LogP contribution in [-0.4, -0.2) is 44.1 Å². The Morgan fingerprint density at radius 2 is 1.85 bits per heavy atom. The van der Waals surface area contributed by atoms with E-state index in [-0.39, 0.29) is 5.91 Å². The van der Waals surface area contributed by atoms with Crippen LogP contribution in [0, 0.1) is 6.92 Å². The Balaban J connectivity index is 1.51. The third-order valence-corrected chi connectivity index (χ3v) is 5.58. The Bertz CT molecular complexity index is 990. The highest BCUT2D eigenvalue weighted by Gasteiger charge is 2.27. The molecule has 0 aliphatic carbocycles. The second-order valence-electron chi connectivity index (χ2n) is 6.65. The molecular weight excluding hydrogens is 408 g/mol. The lowest BCUT2D eigenvalue weighted by molar-refractivity contribution is 0.0716. The van der Waals surface area contributed by atoms with Gasteiger partial charge in [-0.25, -0.2) is 0 Å². The lowest BCUT2D eigenvalue weighted by Gasteiger charge is -2.36. The van der Waals surface area contributed by atoms with Gasteiger partial charge >= 0.3 is 0 Å². The number of hydrogen-bond donors (Lipinski definition) is 0. The van der Waals surface area contributed by atoms with Crippen LogP contribution >= 0.6 is 15.9 Å². The minimum Gasteiger partial charge on any atom is -0.495 e. The van der Waals surface area contributed by atoms with E-state index in [2.05, 4.69) is 26.9 Å². The van der Waals surface area contributed by atoms with Crippen LogP contribution in [0.1, 0.15) is 16.1 Å². The number of aryl methyl sites for hydroxylation is 1. The van der Waals surface area contributed by atoms with Gasteiger partial charge in [0.25, 0.3) is 5.91 Å². The molecule has 0 unspecified atom stereocenters. The van der Waals surface area contributed by atoms with E-state index in [0.717, 1.165) is 45.5 Å². The van der Waals surface area contributed by atoms with Gasteiger partial charge in [-0.2, -0.15) is 0 Å². The predicted octanol–water partition coefficient (Wildman–Crippen LogP) is 4.47. The predicted molar refractivity (Wildman–Crippen MR) is 110 cm³/mol. The number of carbonyl (C=O) groups excluding carboxylic acids is 1. The van der Waals surface area contributed by atoms with Crippen LogP contribution in [0.3, 0.4) is 0 Å². The minimum atomic E-state index is -0.0421. The number of benzene rings is 2. The number of rotatable bonds is 3. The third-order valence-electron chi connectivity index (χ3n) is 5.09. The molecule has 1 saturated heterocycles. The summed E-state index contributed by atoms with van der Waals surface area (Å²) >= 11 is 3.45. The summed E-state index contributed by atoms with van der Waals surface area (Å²) in [6, 6.07) is 13.8. The van der Waals surface area contributed by atoms with Crippen LogP contribution in [0.5, 0.6) is 5.75 Å². The first-order valence-corrected chi connectivity index (χ1v) is 9.73. The first kappa shape index (κ1) is 17.9. The average molecular weight is 429 g/mol. The third kappa shape index (κ3) is 3.30. The molecule has 0 N–H and O–H groups in total. The number of ether oxygens (including phenoxy) is 1. The van der Waals surface area contributed by atoms with Crippen molar-refractivity contribution in [1.29, 1.82) is 0 Å². The highest BCUT2D eigenvalue weighted by Crippen LogP contribution is 2.31. The normalized spacial score (nSPS) is 14.6. The molecule has 2 aromatic carbocycles. The first-order chi connectivity index (χ1) is 13.1. The minimum absolute atomic E-state index is 0.0421. The molecule has 0 radical (unpaired) electrons. The van der Waals surface area contributed by atoms with E-state index in [4.69, 9.17) is 9.15 Å².